The summed E-state index contributed by atoms with van der Waals surface area (Å²) in [5.41, 5.74) is 0.905. The number of carbonyl (C=O) groups is 1. The molecule has 1 rings (SSSR count). The lowest BCUT2D eigenvalue weighted by Crippen LogP contribution is -2.54. The van der Waals surface area contributed by atoms with E-state index in [9.17, 15) is 18.0 Å². The molecule has 0 aliphatic carbocycles. The maximum absolute atomic E-state index is 12.4. The van der Waals surface area contributed by atoms with Crippen molar-refractivity contribution in [3.8, 4) is 0 Å². The van der Waals surface area contributed by atoms with E-state index in [1.54, 1.807) is 0 Å². The first-order valence-corrected chi connectivity index (χ1v) is 6.48. The lowest BCUT2D eigenvalue weighted by atomic mass is 10.0. The number of piperidine rings is 1. The molecule has 0 N–H and O–H groups in total. The molecule has 0 unspecified atom stereocenters. The lowest BCUT2D eigenvalue weighted by molar-refractivity contribution is -0.167. The van der Waals surface area contributed by atoms with Crippen LogP contribution in [-0.4, -0.2) is 54.1 Å². The lowest BCUT2D eigenvalue weighted by Gasteiger charge is -2.38. The minimum Gasteiger partial charge on any atom is -0.332 e. The fourth-order valence-electron chi connectivity index (χ4n) is 2.42. The average Bonchev–Trinajstić information content (AvgIpc) is 2.27. The van der Waals surface area contributed by atoms with Crippen LogP contribution in [0.25, 0.3) is 0 Å². The zero-order chi connectivity index (χ0) is 14.6. The molecule has 0 radical (unpaired) electrons. The number of hydrogen-bond acceptors (Lipinski definition) is 2. The van der Waals surface area contributed by atoms with Crippen molar-refractivity contribution < 1.29 is 18.0 Å². The molecule has 1 amide bonds. The zero-order valence-electron chi connectivity index (χ0n) is 11.5. The Bertz CT molecular complexity index is 341. The molecule has 0 spiro atoms. The second kappa shape index (κ2) is 6.41. The molecule has 1 aliphatic heterocycles. The van der Waals surface area contributed by atoms with E-state index in [2.05, 4.69) is 6.58 Å². The van der Waals surface area contributed by atoms with Crippen molar-refractivity contribution in [3.63, 3.8) is 0 Å². The Hall–Kier alpha value is -1.04. The van der Waals surface area contributed by atoms with E-state index in [0.717, 1.165) is 10.5 Å². The smallest absolute Gasteiger partial charge is 0.332 e. The first kappa shape index (κ1) is 16.0. The number of likely N-dealkylation sites (tertiary alicyclic amines) is 1. The van der Waals surface area contributed by atoms with Crippen LogP contribution in [0.15, 0.2) is 12.2 Å². The summed E-state index contributed by atoms with van der Waals surface area (Å²) >= 11 is 0. The van der Waals surface area contributed by atoms with Crippen LogP contribution in [0.1, 0.15) is 26.7 Å². The van der Waals surface area contributed by atoms with Crippen molar-refractivity contribution in [2.75, 3.05) is 26.2 Å². The highest BCUT2D eigenvalue weighted by atomic mass is 19.4. The third-order valence-electron chi connectivity index (χ3n) is 3.19. The third-order valence-corrected chi connectivity index (χ3v) is 3.19. The first-order valence-electron chi connectivity index (χ1n) is 6.48. The Morgan fingerprint density at radius 2 is 2.16 bits per heavy atom. The number of alkyl halides is 3. The minimum atomic E-state index is -4.33. The van der Waals surface area contributed by atoms with E-state index in [1.165, 1.54) is 0 Å². The van der Waals surface area contributed by atoms with Gasteiger partial charge in [-0.25, -0.2) is 0 Å². The van der Waals surface area contributed by atoms with Gasteiger partial charge in [-0.3, -0.25) is 9.69 Å². The molecular formula is C13H21F3N2O. The summed E-state index contributed by atoms with van der Waals surface area (Å²) in [7, 11) is 0. The van der Waals surface area contributed by atoms with Crippen molar-refractivity contribution in [2.24, 2.45) is 0 Å². The number of carbonyl (C=O) groups excluding carboxylic acids is 1. The van der Waals surface area contributed by atoms with E-state index >= 15 is 0 Å². The Kier molecular flexibility index (Phi) is 5.40. The van der Waals surface area contributed by atoms with Crippen molar-refractivity contribution in [1.82, 2.24) is 9.80 Å². The number of halogens is 3. The normalized spacial score (nSPS) is 21.1. The molecule has 0 aromatic heterocycles. The van der Waals surface area contributed by atoms with Crippen LogP contribution in [0.2, 0.25) is 0 Å². The fourth-order valence-corrected chi connectivity index (χ4v) is 2.42. The van der Waals surface area contributed by atoms with Crippen LogP contribution < -0.4 is 0 Å². The maximum Gasteiger partial charge on any atom is 0.406 e. The summed E-state index contributed by atoms with van der Waals surface area (Å²) < 4.78 is 37.2. The Morgan fingerprint density at radius 3 is 2.63 bits per heavy atom. The van der Waals surface area contributed by atoms with Crippen LogP contribution in [0, 0.1) is 0 Å². The average molecular weight is 278 g/mol. The third kappa shape index (κ3) is 4.86. The fraction of sp³-hybridized carbons (Fsp3) is 0.769. The van der Waals surface area contributed by atoms with Gasteiger partial charge in [0.25, 0.3) is 0 Å². The highest BCUT2D eigenvalue weighted by Gasteiger charge is 2.38. The van der Waals surface area contributed by atoms with Crippen LogP contribution in [0.5, 0.6) is 0 Å². The SMILES string of the molecule is C=C(C)CN(CC)[C@@H]1CCCN(CC(F)(F)F)C1=O. The number of nitrogens with zero attached hydrogens (tertiary/aromatic N) is 2. The van der Waals surface area contributed by atoms with E-state index in [1.807, 2.05) is 18.7 Å². The Morgan fingerprint density at radius 1 is 1.53 bits per heavy atom. The predicted molar refractivity (Wildman–Crippen MR) is 67.7 cm³/mol. The van der Waals surface area contributed by atoms with E-state index in [0.29, 0.717) is 25.9 Å². The highest BCUT2D eigenvalue weighted by Crippen LogP contribution is 2.23. The summed E-state index contributed by atoms with van der Waals surface area (Å²) in [6, 6.07) is -0.446. The van der Waals surface area contributed by atoms with Crippen molar-refractivity contribution >= 4 is 5.91 Å². The van der Waals surface area contributed by atoms with Gasteiger partial charge in [-0.15, -0.1) is 0 Å². The molecule has 1 heterocycles. The van der Waals surface area contributed by atoms with Crippen molar-refractivity contribution in [3.05, 3.63) is 12.2 Å². The largest absolute Gasteiger partial charge is 0.406 e. The highest BCUT2D eigenvalue weighted by molar-refractivity contribution is 5.82. The number of rotatable bonds is 5. The number of likely N-dealkylation sites (N-methyl/N-ethyl adjacent to an activating group) is 1. The van der Waals surface area contributed by atoms with Crippen molar-refractivity contribution in [1.29, 1.82) is 0 Å². The summed E-state index contributed by atoms with van der Waals surface area (Å²) in [5, 5.41) is 0. The molecular weight excluding hydrogens is 257 g/mol. The van der Waals surface area contributed by atoms with Gasteiger partial charge in [0.1, 0.15) is 6.54 Å². The molecule has 0 aromatic carbocycles. The first-order chi connectivity index (χ1) is 8.74. The van der Waals surface area contributed by atoms with Gasteiger partial charge in [0.15, 0.2) is 0 Å². The molecule has 6 heteroatoms. The van der Waals surface area contributed by atoms with Gasteiger partial charge in [0.05, 0.1) is 6.04 Å². The number of hydrogen-bond donors (Lipinski definition) is 0. The van der Waals surface area contributed by atoms with Gasteiger partial charge >= 0.3 is 6.18 Å². The summed E-state index contributed by atoms with van der Waals surface area (Å²) in [5.74, 6) is -0.410. The van der Waals surface area contributed by atoms with Gasteiger partial charge in [-0.05, 0) is 26.3 Å². The summed E-state index contributed by atoms with van der Waals surface area (Å²) in [4.78, 5) is 15.0. The van der Waals surface area contributed by atoms with Crippen LogP contribution in [0.3, 0.4) is 0 Å². The Labute approximate surface area is 112 Å². The molecule has 0 saturated carbocycles. The second-order valence-corrected chi connectivity index (χ2v) is 5.05. The topological polar surface area (TPSA) is 23.6 Å². The standard InChI is InChI=1S/C13H21F3N2O/c1-4-17(8-10(2)3)11-6-5-7-18(12(11)19)9-13(14,15)16/h11H,2,4-9H2,1,3H3/t11-/m1/s1. The maximum atomic E-state index is 12.4. The van der Waals surface area contributed by atoms with Crippen molar-refractivity contribution in [2.45, 2.75) is 38.9 Å². The number of amides is 1. The minimum absolute atomic E-state index is 0.194. The predicted octanol–water partition coefficient (Wildman–Crippen LogP) is 2.44. The quantitative estimate of drug-likeness (QED) is 0.721. The molecule has 110 valence electrons. The molecule has 0 bridgehead atoms. The molecule has 1 fully saturated rings. The molecule has 19 heavy (non-hydrogen) atoms. The molecule has 1 atom stereocenters. The zero-order valence-corrected chi connectivity index (χ0v) is 11.5. The van der Waals surface area contributed by atoms with E-state index < -0.39 is 24.7 Å². The second-order valence-electron chi connectivity index (χ2n) is 5.05. The van der Waals surface area contributed by atoms with Crippen LogP contribution in [0.4, 0.5) is 13.2 Å². The molecule has 1 saturated heterocycles. The van der Waals surface area contributed by atoms with Crippen LogP contribution >= 0.6 is 0 Å². The molecule has 3 nitrogen and oxygen atoms in total. The van der Waals surface area contributed by atoms with Gasteiger partial charge < -0.3 is 4.90 Å². The van der Waals surface area contributed by atoms with Gasteiger partial charge in [0, 0.05) is 13.1 Å². The summed E-state index contributed by atoms with van der Waals surface area (Å²) in [6.45, 7) is 7.77. The van der Waals surface area contributed by atoms with E-state index in [4.69, 9.17) is 0 Å². The van der Waals surface area contributed by atoms with E-state index in [-0.39, 0.29) is 6.54 Å². The monoisotopic (exact) mass is 278 g/mol. The molecule has 0 aromatic rings. The van der Waals surface area contributed by atoms with Gasteiger partial charge in [-0.1, -0.05) is 19.1 Å². The van der Waals surface area contributed by atoms with Crippen LogP contribution in [-0.2, 0) is 4.79 Å². The Balaban J connectivity index is 2.73. The van der Waals surface area contributed by atoms with Gasteiger partial charge in [-0.2, -0.15) is 13.2 Å². The van der Waals surface area contributed by atoms with Gasteiger partial charge in [0.2, 0.25) is 5.91 Å². The molecule has 1 aliphatic rings. The summed E-state index contributed by atoms with van der Waals surface area (Å²) in [6.07, 6.45) is -3.10.